The zero-order valence-electron chi connectivity index (χ0n) is 14.8. The Kier molecular flexibility index (Phi) is 4.61. The summed E-state index contributed by atoms with van der Waals surface area (Å²) in [6.45, 7) is 0. The molecule has 1 aliphatic rings. The van der Waals surface area contributed by atoms with Gasteiger partial charge in [0.05, 0.1) is 20.7 Å². The fraction of sp³-hybridized carbons (Fsp3) is 0.263. The van der Waals surface area contributed by atoms with E-state index >= 15 is 0 Å². The van der Waals surface area contributed by atoms with E-state index in [0.29, 0.717) is 5.13 Å². The first-order chi connectivity index (χ1) is 12.9. The number of aryl methyl sites for hydroxylation is 2. The van der Waals surface area contributed by atoms with Gasteiger partial charge in [0.25, 0.3) is 5.91 Å². The van der Waals surface area contributed by atoms with Crippen molar-refractivity contribution in [3.63, 3.8) is 0 Å². The van der Waals surface area contributed by atoms with Crippen LogP contribution >= 0.6 is 11.3 Å². The Morgan fingerprint density at radius 2 is 1.89 bits per heavy atom. The van der Waals surface area contributed by atoms with Crippen molar-refractivity contribution < 1.29 is 13.2 Å². The van der Waals surface area contributed by atoms with Crippen molar-refractivity contribution in [1.29, 1.82) is 0 Å². The molecule has 1 aromatic heterocycles. The SMILES string of the molecule is CS(=O)(=O)c1ccccc1C(=O)NNc1nc2c3c(ccc2s1)CCCC3. The second-order valence-corrected chi connectivity index (χ2v) is 9.64. The third-order valence-electron chi connectivity index (χ3n) is 4.70. The van der Waals surface area contributed by atoms with E-state index in [1.165, 1.54) is 47.4 Å². The van der Waals surface area contributed by atoms with Crippen LogP contribution in [0.4, 0.5) is 5.13 Å². The second-order valence-electron chi connectivity index (χ2n) is 6.62. The molecule has 3 aromatic rings. The number of aromatic nitrogens is 1. The Labute approximate surface area is 161 Å². The molecule has 1 amide bonds. The molecule has 1 heterocycles. The van der Waals surface area contributed by atoms with Gasteiger partial charge in [-0.05, 0) is 55.0 Å². The van der Waals surface area contributed by atoms with Crippen molar-refractivity contribution in [2.45, 2.75) is 30.6 Å². The third-order valence-corrected chi connectivity index (χ3v) is 6.79. The molecular formula is C19H19N3O3S2. The van der Waals surface area contributed by atoms with Crippen molar-refractivity contribution in [2.24, 2.45) is 0 Å². The number of nitrogens with zero attached hydrogens (tertiary/aromatic N) is 1. The number of carbonyl (C=O) groups excluding carboxylic acids is 1. The minimum atomic E-state index is -3.49. The molecule has 2 N–H and O–H groups in total. The van der Waals surface area contributed by atoms with E-state index in [-0.39, 0.29) is 10.5 Å². The van der Waals surface area contributed by atoms with E-state index in [1.807, 2.05) is 0 Å². The van der Waals surface area contributed by atoms with Gasteiger partial charge in [0, 0.05) is 6.26 Å². The molecule has 1 aliphatic carbocycles. The number of fused-ring (bicyclic) bond motifs is 3. The fourth-order valence-electron chi connectivity index (χ4n) is 3.43. The number of hydrogen-bond donors (Lipinski definition) is 2. The summed E-state index contributed by atoms with van der Waals surface area (Å²) in [7, 11) is -3.49. The van der Waals surface area contributed by atoms with Gasteiger partial charge in [0.1, 0.15) is 0 Å². The normalized spacial score (nSPS) is 14.0. The zero-order chi connectivity index (χ0) is 19.0. The molecule has 0 saturated heterocycles. The lowest BCUT2D eigenvalue weighted by atomic mass is 9.91. The van der Waals surface area contributed by atoms with Crippen LogP contribution in [0, 0.1) is 0 Å². The van der Waals surface area contributed by atoms with Gasteiger partial charge < -0.3 is 0 Å². The average Bonchev–Trinajstić information content (AvgIpc) is 3.09. The lowest BCUT2D eigenvalue weighted by Gasteiger charge is -2.15. The number of amides is 1. The highest BCUT2D eigenvalue weighted by atomic mass is 32.2. The van der Waals surface area contributed by atoms with Crippen LogP contribution in [0.3, 0.4) is 0 Å². The lowest BCUT2D eigenvalue weighted by Crippen LogP contribution is -2.30. The zero-order valence-corrected chi connectivity index (χ0v) is 16.4. The molecule has 6 nitrogen and oxygen atoms in total. The largest absolute Gasteiger partial charge is 0.273 e. The number of thiazole rings is 1. The van der Waals surface area contributed by atoms with Crippen molar-refractivity contribution in [3.05, 3.63) is 53.1 Å². The summed E-state index contributed by atoms with van der Waals surface area (Å²) in [4.78, 5) is 17.1. The monoisotopic (exact) mass is 401 g/mol. The number of hydrazine groups is 1. The molecule has 0 bridgehead atoms. The van der Waals surface area contributed by atoms with Crippen LogP contribution in [0.1, 0.15) is 34.3 Å². The molecule has 4 rings (SSSR count). The number of nitrogens with one attached hydrogen (secondary N) is 2. The Balaban J connectivity index is 1.57. The summed E-state index contributed by atoms with van der Waals surface area (Å²) < 4.78 is 24.8. The summed E-state index contributed by atoms with van der Waals surface area (Å²) in [6, 6.07) is 10.4. The van der Waals surface area contributed by atoms with Crippen molar-refractivity contribution in [2.75, 3.05) is 11.7 Å². The van der Waals surface area contributed by atoms with E-state index in [2.05, 4.69) is 28.0 Å². The van der Waals surface area contributed by atoms with Crippen LogP contribution < -0.4 is 10.9 Å². The molecule has 0 atom stereocenters. The highest BCUT2D eigenvalue weighted by Gasteiger charge is 2.19. The van der Waals surface area contributed by atoms with Crippen molar-refractivity contribution >= 4 is 42.4 Å². The van der Waals surface area contributed by atoms with Gasteiger partial charge in [-0.1, -0.05) is 29.5 Å². The number of rotatable bonds is 4. The van der Waals surface area contributed by atoms with Crippen molar-refractivity contribution in [1.82, 2.24) is 10.4 Å². The van der Waals surface area contributed by atoms with Gasteiger partial charge in [-0.2, -0.15) is 0 Å². The van der Waals surface area contributed by atoms with Crippen LogP contribution in [0.2, 0.25) is 0 Å². The number of hydrogen-bond acceptors (Lipinski definition) is 6. The molecule has 0 unspecified atom stereocenters. The fourth-order valence-corrected chi connectivity index (χ4v) is 5.16. The van der Waals surface area contributed by atoms with E-state index in [9.17, 15) is 13.2 Å². The van der Waals surface area contributed by atoms with Gasteiger partial charge >= 0.3 is 0 Å². The van der Waals surface area contributed by atoms with Gasteiger partial charge in [-0.25, -0.2) is 13.4 Å². The summed E-state index contributed by atoms with van der Waals surface area (Å²) in [5.41, 5.74) is 9.15. The maximum atomic E-state index is 12.5. The predicted octanol–water partition coefficient (Wildman–Crippen LogP) is 3.34. The lowest BCUT2D eigenvalue weighted by molar-refractivity contribution is 0.0959. The van der Waals surface area contributed by atoms with Crippen molar-refractivity contribution in [3.8, 4) is 0 Å². The molecule has 140 valence electrons. The van der Waals surface area contributed by atoms with Gasteiger partial charge in [0.15, 0.2) is 9.84 Å². The maximum Gasteiger partial charge on any atom is 0.270 e. The minimum Gasteiger partial charge on any atom is -0.273 e. The Bertz CT molecular complexity index is 1140. The second kappa shape index (κ2) is 6.94. The quantitative estimate of drug-likeness (QED) is 0.655. The van der Waals surface area contributed by atoms with E-state index < -0.39 is 15.7 Å². The minimum absolute atomic E-state index is 0.00247. The molecule has 0 saturated carbocycles. The van der Waals surface area contributed by atoms with Crippen LogP contribution in [0.5, 0.6) is 0 Å². The number of carbonyl (C=O) groups is 1. The molecule has 0 spiro atoms. The van der Waals surface area contributed by atoms with E-state index in [4.69, 9.17) is 0 Å². The standard InChI is InChI=1S/C19H19N3O3S2/c1-27(24,25)16-9-5-4-8-14(16)18(23)21-22-19-20-17-13-7-3-2-6-12(13)10-11-15(17)26-19/h4-5,8-11H,2-3,6-7H2,1H3,(H,20,22)(H,21,23). The first-order valence-electron chi connectivity index (χ1n) is 8.70. The summed E-state index contributed by atoms with van der Waals surface area (Å²) in [5.74, 6) is -0.516. The van der Waals surface area contributed by atoms with Gasteiger partial charge in [-0.3, -0.25) is 15.6 Å². The summed E-state index contributed by atoms with van der Waals surface area (Å²) in [6.07, 6.45) is 5.59. The average molecular weight is 402 g/mol. The Hall–Kier alpha value is -2.45. The number of benzene rings is 2. The third kappa shape index (κ3) is 3.54. The topological polar surface area (TPSA) is 88.2 Å². The molecular weight excluding hydrogens is 382 g/mol. The first-order valence-corrected chi connectivity index (χ1v) is 11.4. The van der Waals surface area contributed by atoms with Gasteiger partial charge in [-0.15, -0.1) is 0 Å². The summed E-state index contributed by atoms with van der Waals surface area (Å²) >= 11 is 1.46. The smallest absolute Gasteiger partial charge is 0.270 e. The van der Waals surface area contributed by atoms with E-state index in [0.717, 1.165) is 29.3 Å². The molecule has 8 heteroatoms. The molecule has 0 aliphatic heterocycles. The van der Waals surface area contributed by atoms with Crippen LogP contribution in [0.15, 0.2) is 41.3 Å². The first kappa shape index (κ1) is 17.9. The molecule has 0 fully saturated rings. The highest BCUT2D eigenvalue weighted by molar-refractivity contribution is 7.90. The Morgan fingerprint density at radius 1 is 1.11 bits per heavy atom. The van der Waals surface area contributed by atoms with Gasteiger partial charge in [0.2, 0.25) is 5.13 Å². The molecule has 0 radical (unpaired) electrons. The molecule has 27 heavy (non-hydrogen) atoms. The molecule has 2 aromatic carbocycles. The van der Waals surface area contributed by atoms with E-state index in [1.54, 1.807) is 12.1 Å². The Morgan fingerprint density at radius 3 is 2.70 bits per heavy atom. The highest BCUT2D eigenvalue weighted by Crippen LogP contribution is 2.33. The van der Waals surface area contributed by atoms with Crippen LogP contribution in [0.25, 0.3) is 10.2 Å². The number of sulfone groups is 1. The summed E-state index contributed by atoms with van der Waals surface area (Å²) in [5, 5.41) is 0.578. The van der Waals surface area contributed by atoms with Crippen LogP contribution in [-0.4, -0.2) is 25.6 Å². The van der Waals surface area contributed by atoms with Crippen LogP contribution in [-0.2, 0) is 22.7 Å². The predicted molar refractivity (Wildman–Crippen MR) is 107 cm³/mol. The maximum absolute atomic E-state index is 12.5. The number of anilines is 1.